The van der Waals surface area contributed by atoms with Gasteiger partial charge in [-0.1, -0.05) is 41.0 Å². The molecule has 0 saturated heterocycles. The second-order valence-corrected chi connectivity index (χ2v) is 5.14. The first-order chi connectivity index (χ1) is 7.01. The average Bonchev–Trinajstić information content (AvgIpc) is 2.16. The highest BCUT2D eigenvalue weighted by atomic mass is 15.1. The number of hydrogen-bond donors (Lipinski definition) is 1. The molecule has 2 heteroatoms. The van der Waals surface area contributed by atoms with Gasteiger partial charge in [-0.3, -0.25) is 0 Å². The van der Waals surface area contributed by atoms with Gasteiger partial charge in [-0.2, -0.15) is 0 Å². The molecule has 2 unspecified atom stereocenters. The third kappa shape index (κ3) is 6.91. The van der Waals surface area contributed by atoms with Crippen molar-refractivity contribution in [2.45, 2.75) is 47.1 Å². The Morgan fingerprint density at radius 2 is 1.67 bits per heavy atom. The van der Waals surface area contributed by atoms with Crippen LogP contribution in [0, 0.1) is 11.8 Å². The summed E-state index contributed by atoms with van der Waals surface area (Å²) < 4.78 is 0. The fourth-order valence-electron chi connectivity index (χ4n) is 1.84. The number of hydrogen-bond acceptors (Lipinski definition) is 2. The molecule has 2 atom stereocenters. The quantitative estimate of drug-likeness (QED) is 0.668. The monoisotopic (exact) mass is 214 g/mol. The Hall–Kier alpha value is -0.0800. The van der Waals surface area contributed by atoms with Gasteiger partial charge in [-0.05, 0) is 25.4 Å². The van der Waals surface area contributed by atoms with Crippen molar-refractivity contribution in [1.29, 1.82) is 0 Å². The van der Waals surface area contributed by atoms with Gasteiger partial charge in [-0.15, -0.1) is 0 Å². The third-order valence-corrected chi connectivity index (χ3v) is 3.10. The van der Waals surface area contributed by atoms with Crippen LogP contribution in [0.1, 0.15) is 41.0 Å². The van der Waals surface area contributed by atoms with Gasteiger partial charge in [0.25, 0.3) is 0 Å². The van der Waals surface area contributed by atoms with Crippen molar-refractivity contribution in [2.75, 3.05) is 26.7 Å². The zero-order valence-electron chi connectivity index (χ0n) is 11.5. The highest BCUT2D eigenvalue weighted by Gasteiger charge is 2.15. The Morgan fingerprint density at radius 1 is 1.07 bits per heavy atom. The maximum atomic E-state index is 3.56. The van der Waals surface area contributed by atoms with E-state index in [2.05, 4.69) is 51.9 Å². The topological polar surface area (TPSA) is 15.3 Å². The number of likely N-dealkylation sites (N-methyl/N-ethyl adjacent to an activating group) is 2. The number of nitrogens with one attached hydrogen (secondary N) is 1. The van der Waals surface area contributed by atoms with E-state index in [9.17, 15) is 0 Å². The van der Waals surface area contributed by atoms with Gasteiger partial charge in [0.2, 0.25) is 0 Å². The van der Waals surface area contributed by atoms with Crippen molar-refractivity contribution in [3.05, 3.63) is 0 Å². The standard InChI is InChI=1S/C13H30N2/c1-7-12(5)9-15(6)10-13(11(3)4)14-8-2/h11-14H,7-10H2,1-6H3. The summed E-state index contributed by atoms with van der Waals surface area (Å²) in [6, 6.07) is 0.629. The average molecular weight is 214 g/mol. The van der Waals surface area contributed by atoms with Crippen LogP contribution in [-0.2, 0) is 0 Å². The zero-order valence-corrected chi connectivity index (χ0v) is 11.5. The maximum Gasteiger partial charge on any atom is 0.0217 e. The van der Waals surface area contributed by atoms with Crippen LogP contribution in [0.4, 0.5) is 0 Å². The maximum absolute atomic E-state index is 3.56. The summed E-state index contributed by atoms with van der Waals surface area (Å²) in [5, 5.41) is 3.56. The predicted octanol–water partition coefficient (Wildman–Crippen LogP) is 2.60. The lowest BCUT2D eigenvalue weighted by Crippen LogP contribution is -2.43. The molecule has 2 nitrogen and oxygen atoms in total. The third-order valence-electron chi connectivity index (χ3n) is 3.10. The smallest absolute Gasteiger partial charge is 0.0217 e. The van der Waals surface area contributed by atoms with Crippen LogP contribution in [0.15, 0.2) is 0 Å². The molecule has 0 radical (unpaired) electrons. The first-order valence-electron chi connectivity index (χ1n) is 6.43. The second-order valence-electron chi connectivity index (χ2n) is 5.14. The van der Waals surface area contributed by atoms with Gasteiger partial charge >= 0.3 is 0 Å². The molecule has 0 aromatic heterocycles. The lowest BCUT2D eigenvalue weighted by atomic mass is 10.0. The van der Waals surface area contributed by atoms with E-state index in [1.807, 2.05) is 0 Å². The van der Waals surface area contributed by atoms with Crippen molar-refractivity contribution in [3.8, 4) is 0 Å². The molecule has 0 heterocycles. The summed E-state index contributed by atoms with van der Waals surface area (Å²) in [7, 11) is 2.24. The summed E-state index contributed by atoms with van der Waals surface area (Å²) >= 11 is 0. The van der Waals surface area contributed by atoms with Crippen LogP contribution < -0.4 is 5.32 Å². The summed E-state index contributed by atoms with van der Waals surface area (Å²) in [5.41, 5.74) is 0. The molecule has 0 aromatic carbocycles. The molecule has 1 N–H and O–H groups in total. The summed E-state index contributed by atoms with van der Waals surface area (Å²) in [6.07, 6.45) is 1.28. The minimum Gasteiger partial charge on any atom is -0.313 e. The van der Waals surface area contributed by atoms with Gasteiger partial charge < -0.3 is 10.2 Å². The van der Waals surface area contributed by atoms with E-state index in [4.69, 9.17) is 0 Å². The molecule has 92 valence electrons. The number of nitrogens with zero attached hydrogens (tertiary/aromatic N) is 1. The normalized spacial score (nSPS) is 16.0. The van der Waals surface area contributed by atoms with Gasteiger partial charge in [-0.25, -0.2) is 0 Å². The molecule has 0 aromatic rings. The lowest BCUT2D eigenvalue weighted by Gasteiger charge is -2.29. The number of rotatable bonds is 8. The SMILES string of the molecule is CCNC(CN(C)CC(C)CC)C(C)C. The van der Waals surface area contributed by atoms with Gasteiger partial charge in [0.05, 0.1) is 0 Å². The summed E-state index contributed by atoms with van der Waals surface area (Å²) in [5.74, 6) is 1.52. The van der Waals surface area contributed by atoms with Crippen molar-refractivity contribution >= 4 is 0 Å². The Morgan fingerprint density at radius 3 is 2.07 bits per heavy atom. The van der Waals surface area contributed by atoms with Crippen LogP contribution in [-0.4, -0.2) is 37.6 Å². The molecule has 15 heavy (non-hydrogen) atoms. The Labute approximate surface area is 96.4 Å². The summed E-state index contributed by atoms with van der Waals surface area (Å²) in [4.78, 5) is 2.46. The molecular formula is C13H30N2. The fraction of sp³-hybridized carbons (Fsp3) is 1.00. The highest BCUT2D eigenvalue weighted by molar-refractivity contribution is 4.74. The van der Waals surface area contributed by atoms with E-state index in [1.54, 1.807) is 0 Å². The minimum atomic E-state index is 0.629. The molecule has 0 fully saturated rings. The molecule has 0 aliphatic rings. The van der Waals surface area contributed by atoms with E-state index >= 15 is 0 Å². The van der Waals surface area contributed by atoms with E-state index in [1.165, 1.54) is 13.0 Å². The minimum absolute atomic E-state index is 0.629. The molecule has 0 saturated carbocycles. The zero-order chi connectivity index (χ0) is 11.8. The first kappa shape index (κ1) is 14.9. The lowest BCUT2D eigenvalue weighted by molar-refractivity contribution is 0.229. The van der Waals surface area contributed by atoms with Crippen LogP contribution in [0.5, 0.6) is 0 Å². The van der Waals surface area contributed by atoms with Crippen LogP contribution in [0.2, 0.25) is 0 Å². The molecule has 0 aliphatic heterocycles. The van der Waals surface area contributed by atoms with E-state index in [-0.39, 0.29) is 0 Å². The van der Waals surface area contributed by atoms with E-state index in [0.29, 0.717) is 12.0 Å². The first-order valence-corrected chi connectivity index (χ1v) is 6.43. The molecule has 0 amide bonds. The van der Waals surface area contributed by atoms with E-state index < -0.39 is 0 Å². The molecule has 0 spiro atoms. The van der Waals surface area contributed by atoms with Crippen LogP contribution in [0.25, 0.3) is 0 Å². The Balaban J connectivity index is 3.93. The van der Waals surface area contributed by atoms with Crippen molar-refractivity contribution < 1.29 is 0 Å². The Bertz CT molecular complexity index is 145. The van der Waals surface area contributed by atoms with Gasteiger partial charge in [0, 0.05) is 19.1 Å². The second kappa shape index (κ2) is 8.12. The molecule has 0 rings (SSSR count). The van der Waals surface area contributed by atoms with Crippen LogP contribution >= 0.6 is 0 Å². The summed E-state index contributed by atoms with van der Waals surface area (Å²) in [6.45, 7) is 14.8. The van der Waals surface area contributed by atoms with Crippen LogP contribution in [0.3, 0.4) is 0 Å². The van der Waals surface area contributed by atoms with Gasteiger partial charge in [0.1, 0.15) is 0 Å². The Kier molecular flexibility index (Phi) is 8.07. The van der Waals surface area contributed by atoms with E-state index in [0.717, 1.165) is 19.0 Å². The highest BCUT2D eigenvalue weighted by Crippen LogP contribution is 2.07. The largest absolute Gasteiger partial charge is 0.313 e. The predicted molar refractivity (Wildman–Crippen MR) is 69.3 cm³/mol. The van der Waals surface area contributed by atoms with Crippen molar-refractivity contribution in [3.63, 3.8) is 0 Å². The molecular weight excluding hydrogens is 184 g/mol. The van der Waals surface area contributed by atoms with Crippen molar-refractivity contribution in [2.24, 2.45) is 11.8 Å². The fourth-order valence-corrected chi connectivity index (χ4v) is 1.84. The molecule has 0 aliphatic carbocycles. The van der Waals surface area contributed by atoms with Gasteiger partial charge in [0.15, 0.2) is 0 Å². The molecule has 0 bridgehead atoms. The van der Waals surface area contributed by atoms with Crippen molar-refractivity contribution in [1.82, 2.24) is 10.2 Å².